The summed E-state index contributed by atoms with van der Waals surface area (Å²) in [7, 11) is 0. The maximum absolute atomic E-state index is 10.8. The molecule has 0 saturated carbocycles. The van der Waals surface area contributed by atoms with Gasteiger partial charge in [0.1, 0.15) is 5.52 Å². The molecular weight excluding hydrogens is 238 g/mol. The Morgan fingerprint density at radius 3 is 2.94 bits per heavy atom. The van der Waals surface area contributed by atoms with Crippen LogP contribution in [-0.4, -0.2) is 16.1 Å². The van der Waals surface area contributed by atoms with Crippen molar-refractivity contribution in [1.29, 1.82) is 0 Å². The van der Waals surface area contributed by atoms with Crippen molar-refractivity contribution in [2.75, 3.05) is 0 Å². The lowest BCUT2D eigenvalue weighted by Gasteiger charge is -1.91. The van der Waals surface area contributed by atoms with Gasteiger partial charge in [-0.25, -0.2) is 9.78 Å². The van der Waals surface area contributed by atoms with E-state index in [-0.39, 0.29) is 5.56 Å². The number of hydrogen-bond acceptors (Lipinski definition) is 4. The summed E-state index contributed by atoms with van der Waals surface area (Å²) in [4.78, 5) is 15.1. The lowest BCUT2D eigenvalue weighted by molar-refractivity contribution is 0.0697. The first-order chi connectivity index (χ1) is 8.24. The van der Waals surface area contributed by atoms with Crippen molar-refractivity contribution in [3.05, 3.63) is 40.6 Å². The van der Waals surface area contributed by atoms with Crippen LogP contribution >= 0.6 is 11.3 Å². The number of benzene rings is 1. The molecule has 0 fully saturated rings. The number of carbonyl (C=O) groups is 1. The lowest BCUT2D eigenvalue weighted by atomic mass is 10.2. The van der Waals surface area contributed by atoms with Gasteiger partial charge in [-0.05, 0) is 29.6 Å². The van der Waals surface area contributed by atoms with E-state index in [1.54, 1.807) is 17.4 Å². The molecule has 2 heterocycles. The van der Waals surface area contributed by atoms with Gasteiger partial charge in [0.2, 0.25) is 5.89 Å². The van der Waals surface area contributed by atoms with Gasteiger partial charge in [0.05, 0.1) is 5.56 Å². The summed E-state index contributed by atoms with van der Waals surface area (Å²) in [6.07, 6.45) is 0. The monoisotopic (exact) mass is 245 g/mol. The van der Waals surface area contributed by atoms with Crippen LogP contribution in [0.5, 0.6) is 0 Å². The van der Waals surface area contributed by atoms with Crippen molar-refractivity contribution in [3.8, 4) is 11.5 Å². The van der Waals surface area contributed by atoms with Gasteiger partial charge in [0, 0.05) is 10.9 Å². The van der Waals surface area contributed by atoms with Crippen LogP contribution in [0.1, 0.15) is 10.4 Å². The van der Waals surface area contributed by atoms with Crippen molar-refractivity contribution in [2.45, 2.75) is 0 Å². The summed E-state index contributed by atoms with van der Waals surface area (Å²) in [5, 5.41) is 12.7. The van der Waals surface area contributed by atoms with Gasteiger partial charge in [-0.2, -0.15) is 11.3 Å². The van der Waals surface area contributed by atoms with E-state index in [0.717, 1.165) is 5.56 Å². The van der Waals surface area contributed by atoms with Gasteiger partial charge in [0.25, 0.3) is 0 Å². The molecule has 0 aliphatic rings. The number of carboxylic acids is 1. The highest BCUT2D eigenvalue weighted by atomic mass is 32.1. The van der Waals surface area contributed by atoms with Crippen molar-refractivity contribution >= 4 is 28.4 Å². The average Bonchev–Trinajstić information content (AvgIpc) is 2.96. The maximum atomic E-state index is 10.8. The SMILES string of the molecule is O=C(O)c1ccc2nc(-c3ccsc3)oc2c1. The van der Waals surface area contributed by atoms with E-state index in [1.807, 2.05) is 16.8 Å². The standard InChI is InChI=1S/C12H7NO3S/c14-12(15)7-1-2-9-10(5-7)16-11(13-9)8-3-4-17-6-8/h1-6H,(H,14,15). The topological polar surface area (TPSA) is 63.3 Å². The Balaban J connectivity index is 2.16. The Kier molecular flexibility index (Phi) is 2.19. The molecule has 0 aliphatic heterocycles. The van der Waals surface area contributed by atoms with Gasteiger partial charge in [0.15, 0.2) is 5.58 Å². The van der Waals surface area contributed by atoms with Crippen LogP contribution < -0.4 is 0 Å². The number of nitrogens with zero attached hydrogens (tertiary/aromatic N) is 1. The largest absolute Gasteiger partial charge is 0.478 e. The number of carboxylic acid groups (broad SMARTS) is 1. The zero-order chi connectivity index (χ0) is 11.8. The van der Waals surface area contributed by atoms with E-state index < -0.39 is 5.97 Å². The highest BCUT2D eigenvalue weighted by Crippen LogP contribution is 2.26. The first-order valence-electron chi connectivity index (χ1n) is 4.90. The van der Waals surface area contributed by atoms with E-state index in [9.17, 15) is 4.79 Å². The smallest absolute Gasteiger partial charge is 0.335 e. The molecule has 0 radical (unpaired) electrons. The summed E-state index contributed by atoms with van der Waals surface area (Å²) in [6.45, 7) is 0. The number of rotatable bonds is 2. The third-order valence-electron chi connectivity index (χ3n) is 2.40. The normalized spacial score (nSPS) is 10.8. The fourth-order valence-corrected chi connectivity index (χ4v) is 2.20. The van der Waals surface area contributed by atoms with Crippen LogP contribution in [0.3, 0.4) is 0 Å². The highest BCUT2D eigenvalue weighted by Gasteiger charge is 2.11. The third-order valence-corrected chi connectivity index (χ3v) is 3.09. The van der Waals surface area contributed by atoms with Crippen molar-refractivity contribution in [1.82, 2.24) is 4.98 Å². The summed E-state index contributed by atoms with van der Waals surface area (Å²) in [5.41, 5.74) is 2.26. The Labute approximate surface area is 100 Å². The molecule has 3 rings (SSSR count). The highest BCUT2D eigenvalue weighted by molar-refractivity contribution is 7.08. The number of thiophene rings is 1. The molecule has 0 amide bonds. The number of fused-ring (bicyclic) bond motifs is 1. The third kappa shape index (κ3) is 1.70. The van der Waals surface area contributed by atoms with Gasteiger partial charge in [-0.15, -0.1) is 0 Å². The van der Waals surface area contributed by atoms with Crippen LogP contribution in [0, 0.1) is 0 Å². The molecule has 84 valence electrons. The first-order valence-corrected chi connectivity index (χ1v) is 5.85. The van der Waals surface area contributed by atoms with E-state index >= 15 is 0 Å². The molecule has 0 atom stereocenters. The van der Waals surface area contributed by atoms with E-state index in [4.69, 9.17) is 9.52 Å². The molecule has 1 aromatic carbocycles. The van der Waals surface area contributed by atoms with Gasteiger partial charge in [-0.3, -0.25) is 0 Å². The van der Waals surface area contributed by atoms with Gasteiger partial charge >= 0.3 is 5.97 Å². The molecular formula is C12H7NO3S. The van der Waals surface area contributed by atoms with Crippen LogP contribution in [0.2, 0.25) is 0 Å². The number of aromatic carboxylic acids is 1. The van der Waals surface area contributed by atoms with Crippen LogP contribution in [0.4, 0.5) is 0 Å². The predicted octanol–water partition coefficient (Wildman–Crippen LogP) is 3.25. The Morgan fingerprint density at radius 2 is 2.24 bits per heavy atom. The van der Waals surface area contributed by atoms with Gasteiger partial charge in [-0.1, -0.05) is 0 Å². The van der Waals surface area contributed by atoms with E-state index in [2.05, 4.69) is 4.98 Å². The molecule has 0 saturated heterocycles. The molecule has 0 unspecified atom stereocenters. The minimum Gasteiger partial charge on any atom is -0.478 e. The molecule has 17 heavy (non-hydrogen) atoms. The van der Waals surface area contributed by atoms with Gasteiger partial charge < -0.3 is 9.52 Å². The Hall–Kier alpha value is -2.14. The second-order valence-electron chi connectivity index (χ2n) is 3.52. The summed E-state index contributed by atoms with van der Waals surface area (Å²) in [6, 6.07) is 6.57. The second kappa shape index (κ2) is 3.71. The minimum absolute atomic E-state index is 0.200. The quantitative estimate of drug-likeness (QED) is 0.752. The van der Waals surface area contributed by atoms with Crippen molar-refractivity contribution < 1.29 is 14.3 Å². The van der Waals surface area contributed by atoms with Crippen molar-refractivity contribution in [3.63, 3.8) is 0 Å². The maximum Gasteiger partial charge on any atom is 0.335 e. The molecule has 3 aromatic rings. The molecule has 5 heteroatoms. The molecule has 2 aromatic heterocycles. The molecule has 0 spiro atoms. The Bertz CT molecular complexity index is 685. The Morgan fingerprint density at radius 1 is 1.35 bits per heavy atom. The zero-order valence-electron chi connectivity index (χ0n) is 8.58. The fourth-order valence-electron chi connectivity index (χ4n) is 1.57. The zero-order valence-corrected chi connectivity index (χ0v) is 9.40. The summed E-state index contributed by atoms with van der Waals surface area (Å²) < 4.78 is 5.54. The molecule has 0 bridgehead atoms. The summed E-state index contributed by atoms with van der Waals surface area (Å²) in [5.74, 6) is -0.454. The van der Waals surface area contributed by atoms with Crippen LogP contribution in [-0.2, 0) is 0 Å². The van der Waals surface area contributed by atoms with E-state index in [0.29, 0.717) is 17.0 Å². The number of oxazole rings is 1. The number of hydrogen-bond donors (Lipinski definition) is 1. The first kappa shape index (κ1) is 10.0. The second-order valence-corrected chi connectivity index (χ2v) is 4.30. The lowest BCUT2D eigenvalue weighted by Crippen LogP contribution is -1.94. The van der Waals surface area contributed by atoms with Crippen molar-refractivity contribution in [2.24, 2.45) is 0 Å². The molecule has 0 aliphatic carbocycles. The molecule has 1 N–H and O–H groups in total. The van der Waals surface area contributed by atoms with E-state index in [1.165, 1.54) is 12.1 Å². The molecule has 4 nitrogen and oxygen atoms in total. The number of aromatic nitrogens is 1. The average molecular weight is 245 g/mol. The summed E-state index contributed by atoms with van der Waals surface area (Å²) >= 11 is 1.56. The minimum atomic E-state index is -0.972. The fraction of sp³-hybridized carbons (Fsp3) is 0. The predicted molar refractivity (Wildman–Crippen MR) is 64.3 cm³/mol. The van der Waals surface area contributed by atoms with Crippen LogP contribution in [0.15, 0.2) is 39.4 Å². The van der Waals surface area contributed by atoms with Crippen LogP contribution in [0.25, 0.3) is 22.6 Å².